The lowest BCUT2D eigenvalue weighted by Gasteiger charge is -2.35. The van der Waals surface area contributed by atoms with Gasteiger partial charge in [-0.1, -0.05) is 57.2 Å². The zero-order valence-electron chi connectivity index (χ0n) is 33.2. The number of amides is 5. The number of nitrogens with zero attached hydrogens (tertiary/aromatic N) is 3. The Morgan fingerprint density at radius 1 is 1.08 bits per heavy atom. The van der Waals surface area contributed by atoms with E-state index in [-0.39, 0.29) is 29.4 Å². The van der Waals surface area contributed by atoms with Crippen LogP contribution in [0.3, 0.4) is 0 Å². The lowest BCUT2D eigenvalue weighted by Crippen LogP contribution is -2.60. The van der Waals surface area contributed by atoms with Gasteiger partial charge in [0.1, 0.15) is 35.2 Å². The van der Waals surface area contributed by atoms with E-state index in [1.165, 1.54) is 31.9 Å². The minimum atomic E-state index is -4.59. The van der Waals surface area contributed by atoms with Gasteiger partial charge in [0.15, 0.2) is 10.2 Å². The second-order valence-corrected chi connectivity index (χ2v) is 18.3. The highest BCUT2D eigenvalue weighted by Gasteiger charge is 2.61. The number of aryl methyl sites for hydroxylation is 1. The van der Waals surface area contributed by atoms with Gasteiger partial charge in [-0.3, -0.25) is 19.2 Å². The molecule has 3 heterocycles. The zero-order valence-corrected chi connectivity index (χ0v) is 34.8. The first-order chi connectivity index (χ1) is 27.8. The molecular formula is C40H45N7O10S2. The topological polar surface area (TPSA) is 235 Å². The van der Waals surface area contributed by atoms with Crippen molar-refractivity contribution in [2.45, 2.75) is 76.2 Å². The molecule has 6 rings (SSSR count). The average molecular weight is 848 g/mol. The van der Waals surface area contributed by atoms with Crippen molar-refractivity contribution in [2.24, 2.45) is 11.3 Å². The van der Waals surface area contributed by atoms with Crippen LogP contribution in [0.4, 0.5) is 9.93 Å². The highest BCUT2D eigenvalue weighted by atomic mass is 32.2. The number of ether oxygens (including phenoxy) is 2. The van der Waals surface area contributed by atoms with Crippen LogP contribution < -0.4 is 30.1 Å². The summed E-state index contributed by atoms with van der Waals surface area (Å²) >= 11 is 0.905. The summed E-state index contributed by atoms with van der Waals surface area (Å²) in [7, 11) is -3.05. The van der Waals surface area contributed by atoms with E-state index in [2.05, 4.69) is 27.5 Å². The number of thiazole rings is 1. The highest BCUT2D eigenvalue weighted by molar-refractivity contribution is 7.90. The number of rotatable bonds is 13. The monoisotopic (exact) mass is 847 g/mol. The molecule has 0 spiro atoms. The van der Waals surface area contributed by atoms with Gasteiger partial charge in [-0.2, -0.15) is 8.42 Å². The molecule has 2 aromatic heterocycles. The highest BCUT2D eigenvalue weighted by Crippen LogP contribution is 2.45. The third-order valence-corrected chi connectivity index (χ3v) is 12.5. The second kappa shape index (κ2) is 16.3. The normalized spacial score (nSPS) is 20.6. The number of aromatic nitrogens is 2. The van der Waals surface area contributed by atoms with Crippen LogP contribution in [0.15, 0.2) is 72.3 Å². The Morgan fingerprint density at radius 2 is 1.80 bits per heavy atom. The summed E-state index contributed by atoms with van der Waals surface area (Å²) in [5.74, 6) is -2.73. The van der Waals surface area contributed by atoms with Crippen molar-refractivity contribution in [1.82, 2.24) is 30.2 Å². The molecule has 1 saturated carbocycles. The van der Waals surface area contributed by atoms with Gasteiger partial charge in [-0.25, -0.2) is 19.5 Å². The van der Waals surface area contributed by atoms with Crippen molar-refractivity contribution in [3.05, 3.63) is 72.1 Å². The van der Waals surface area contributed by atoms with E-state index in [1.807, 2.05) is 35.1 Å². The number of pyridine rings is 1. The average Bonchev–Trinajstić information content (AvgIpc) is 3.51. The van der Waals surface area contributed by atoms with Crippen LogP contribution in [0.1, 0.15) is 45.4 Å². The van der Waals surface area contributed by atoms with E-state index in [1.54, 1.807) is 45.0 Å². The van der Waals surface area contributed by atoms with Crippen LogP contribution in [-0.2, 0) is 29.2 Å². The maximum absolute atomic E-state index is 14.5. The molecule has 5 atom stereocenters. The summed E-state index contributed by atoms with van der Waals surface area (Å²) in [5, 5.41) is 17.3. The number of methoxy groups -OCH3 is 1. The lowest BCUT2D eigenvalue weighted by molar-refractivity contribution is -0.142. The fourth-order valence-corrected chi connectivity index (χ4v) is 9.46. The van der Waals surface area contributed by atoms with Crippen LogP contribution in [0, 0.1) is 18.3 Å². The molecule has 2 aromatic carbocycles. The van der Waals surface area contributed by atoms with Gasteiger partial charge in [-0.05, 0) is 30.9 Å². The molecular weight excluding hydrogens is 803 g/mol. The quantitative estimate of drug-likeness (QED) is 0.119. The van der Waals surface area contributed by atoms with Crippen molar-refractivity contribution >= 4 is 67.1 Å². The van der Waals surface area contributed by atoms with Gasteiger partial charge in [0.25, 0.3) is 15.9 Å². The molecule has 2 fully saturated rings. The number of carbonyl (C=O) groups excluding carboxylic acids is 4. The molecule has 5 amide bonds. The molecule has 4 aromatic rings. The van der Waals surface area contributed by atoms with E-state index >= 15 is 0 Å². The number of fused-ring (bicyclic) bond motifs is 1. The number of benzene rings is 2. The molecule has 1 aliphatic carbocycles. The van der Waals surface area contributed by atoms with Gasteiger partial charge >= 0.3 is 6.09 Å². The number of likely N-dealkylation sites (tertiary alicyclic amines) is 1. The predicted molar refractivity (Wildman–Crippen MR) is 218 cm³/mol. The molecule has 5 unspecified atom stereocenters. The molecule has 19 heteroatoms. The van der Waals surface area contributed by atoms with Gasteiger partial charge < -0.3 is 35.4 Å². The maximum Gasteiger partial charge on any atom is 0.405 e. The molecule has 1 aliphatic heterocycles. The Morgan fingerprint density at radius 3 is 2.41 bits per heavy atom. The molecule has 17 nitrogen and oxygen atoms in total. The lowest BCUT2D eigenvalue weighted by atomic mass is 9.85. The summed E-state index contributed by atoms with van der Waals surface area (Å²) in [5.41, 5.74) is -0.747. The number of nitrogens with one attached hydrogen (secondary N) is 4. The Labute approximate surface area is 344 Å². The van der Waals surface area contributed by atoms with Crippen LogP contribution in [0.25, 0.3) is 22.2 Å². The number of sulfonamides is 1. The third kappa shape index (κ3) is 9.00. The molecule has 2 aliphatic rings. The Kier molecular flexibility index (Phi) is 11.7. The summed E-state index contributed by atoms with van der Waals surface area (Å²) in [6.45, 7) is 11.3. The minimum Gasteiger partial charge on any atom is -0.497 e. The van der Waals surface area contributed by atoms with Gasteiger partial charge in [0.05, 0.1) is 24.9 Å². The number of carboxylic acid groups (broad SMARTS) is 1. The molecule has 5 N–H and O–H groups in total. The Balaban J connectivity index is 1.33. The molecule has 0 radical (unpaired) electrons. The first kappa shape index (κ1) is 42.5. The summed E-state index contributed by atoms with van der Waals surface area (Å²) < 4.78 is 41.0. The summed E-state index contributed by atoms with van der Waals surface area (Å²) in [6.07, 6.45) is -0.930. The van der Waals surface area contributed by atoms with Crippen molar-refractivity contribution in [1.29, 1.82) is 0 Å². The van der Waals surface area contributed by atoms with E-state index in [0.717, 1.165) is 16.9 Å². The number of hydrogen-bond acceptors (Lipinski definition) is 12. The fraction of sp³-hybridized carbons (Fsp3) is 0.375. The van der Waals surface area contributed by atoms with E-state index in [4.69, 9.17) is 14.5 Å². The fourth-order valence-electron chi connectivity index (χ4n) is 7.08. The van der Waals surface area contributed by atoms with Gasteiger partial charge in [0.2, 0.25) is 17.7 Å². The zero-order chi connectivity index (χ0) is 43.0. The van der Waals surface area contributed by atoms with Crippen molar-refractivity contribution in [2.75, 3.05) is 19.0 Å². The number of carbonyl (C=O) groups is 5. The predicted octanol–water partition coefficient (Wildman–Crippen LogP) is 4.23. The Hall–Kier alpha value is -6.08. The molecule has 0 bridgehead atoms. The van der Waals surface area contributed by atoms with Crippen LogP contribution in [0.2, 0.25) is 0 Å². The van der Waals surface area contributed by atoms with Crippen molar-refractivity contribution < 1.29 is 47.0 Å². The standard InChI is InChI=1S/C40H45N7O10S2/c1-8-24-19-40(24,36(51)46-59(54,55)34-21(2)58-37(44-34)41-22(3)48)45-33(49)30-17-26(20-47(30)35(50)32(39(4,5)6)43-38(52)53)57-31-18-28(23-12-10-9-11-13-23)42-29-16-25(56-7)14-15-27(29)31/h8-16,18,24,26,30,32,43H,1,17,19-20H2,2-7H3,(H,45,49)(H,46,51)(H,52,53)(H,41,44,48). The van der Waals surface area contributed by atoms with Crippen LogP contribution >= 0.6 is 11.3 Å². The number of anilines is 1. The largest absolute Gasteiger partial charge is 0.497 e. The van der Waals surface area contributed by atoms with E-state index in [9.17, 15) is 37.5 Å². The van der Waals surface area contributed by atoms with E-state index < -0.39 is 79.8 Å². The van der Waals surface area contributed by atoms with E-state index in [0.29, 0.717) is 28.1 Å². The SMILES string of the molecule is C=CC1CC1(NC(=O)C1CC(Oc2cc(-c3ccccc3)nc3cc(OC)ccc23)CN1C(=O)C(NC(=O)O)C(C)(C)C)C(=O)NS(=O)(=O)c1nc(NC(C)=O)sc1C. The first-order valence-electron chi connectivity index (χ1n) is 18.5. The smallest absolute Gasteiger partial charge is 0.405 e. The molecule has 1 saturated heterocycles. The van der Waals surface area contributed by atoms with Crippen LogP contribution in [0.5, 0.6) is 11.5 Å². The number of hydrogen-bond donors (Lipinski definition) is 5. The second-order valence-electron chi connectivity index (χ2n) is 15.5. The molecule has 312 valence electrons. The van der Waals surface area contributed by atoms with Gasteiger partial charge in [0, 0.05) is 47.2 Å². The first-order valence-corrected chi connectivity index (χ1v) is 20.8. The molecule has 59 heavy (non-hydrogen) atoms. The van der Waals surface area contributed by atoms with Crippen molar-refractivity contribution in [3.8, 4) is 22.8 Å². The summed E-state index contributed by atoms with van der Waals surface area (Å²) in [4.78, 5) is 76.4. The summed E-state index contributed by atoms with van der Waals surface area (Å²) in [6, 6.07) is 13.9. The van der Waals surface area contributed by atoms with Crippen LogP contribution in [-0.4, -0.2) is 95.5 Å². The Bertz CT molecular complexity index is 2450. The van der Waals surface area contributed by atoms with Crippen molar-refractivity contribution in [3.63, 3.8) is 0 Å². The maximum atomic E-state index is 14.5. The minimum absolute atomic E-state index is 0.00268. The van der Waals surface area contributed by atoms with Gasteiger partial charge in [-0.15, -0.1) is 17.9 Å². The third-order valence-electron chi connectivity index (χ3n) is 10.1.